The molecule has 100 valence electrons. The fraction of sp³-hybridized carbons (Fsp3) is 0.125. The molecule has 2 rings (SSSR count). The number of rotatable bonds is 3. The Balaban J connectivity index is 2.29. The maximum atomic E-state index is 10.5. The predicted octanol–water partition coefficient (Wildman–Crippen LogP) is 2.40. The Morgan fingerprint density at radius 3 is 2.40 bits per heavy atom. The number of aliphatic hydroxyl groups is 1. The van der Waals surface area contributed by atoms with Crippen molar-refractivity contribution in [2.45, 2.75) is 6.10 Å². The molecule has 1 atom stereocenters. The fourth-order valence-electron chi connectivity index (χ4n) is 1.80. The summed E-state index contributed by atoms with van der Waals surface area (Å²) in [5.74, 6) is 5.93. The van der Waals surface area contributed by atoms with Crippen molar-refractivity contribution in [3.8, 4) is 11.8 Å². The zero-order valence-corrected chi connectivity index (χ0v) is 10.7. The summed E-state index contributed by atoms with van der Waals surface area (Å²) < 4.78 is 0. The zero-order valence-electron chi connectivity index (χ0n) is 10.7. The Bertz CT molecular complexity index is 656. The van der Waals surface area contributed by atoms with E-state index >= 15 is 0 Å². The molecule has 1 unspecified atom stereocenters. The molecular formula is C16H13NO3. The first-order valence-corrected chi connectivity index (χ1v) is 6.12. The second-order valence-electron chi connectivity index (χ2n) is 4.23. The maximum Gasteiger partial charge on any atom is 0.233 e. The third kappa shape index (κ3) is 3.67. The summed E-state index contributed by atoms with van der Waals surface area (Å²) in [7, 11) is 0. The quantitative estimate of drug-likeness (QED) is 0.527. The first kappa shape index (κ1) is 13.8. The summed E-state index contributed by atoms with van der Waals surface area (Å²) in [5.41, 5.74) is 1.93. The van der Waals surface area contributed by atoms with Gasteiger partial charge in [0.05, 0.1) is 0 Å². The summed E-state index contributed by atoms with van der Waals surface area (Å²) in [6.07, 6.45) is -1.15. The maximum absolute atomic E-state index is 10.5. The fourth-order valence-corrected chi connectivity index (χ4v) is 1.80. The van der Waals surface area contributed by atoms with E-state index in [-0.39, 0.29) is 0 Å². The summed E-state index contributed by atoms with van der Waals surface area (Å²) >= 11 is 0. The zero-order chi connectivity index (χ0) is 14.4. The highest BCUT2D eigenvalue weighted by atomic mass is 16.6. The van der Waals surface area contributed by atoms with Gasteiger partial charge in [-0.3, -0.25) is 10.1 Å². The van der Waals surface area contributed by atoms with Crippen LogP contribution in [0.15, 0.2) is 54.6 Å². The summed E-state index contributed by atoms with van der Waals surface area (Å²) in [6.45, 7) is -0.524. The minimum atomic E-state index is -1.15. The Labute approximate surface area is 116 Å². The van der Waals surface area contributed by atoms with E-state index in [1.165, 1.54) is 0 Å². The van der Waals surface area contributed by atoms with Crippen molar-refractivity contribution >= 4 is 0 Å². The molecule has 4 heteroatoms. The molecule has 0 aliphatic rings. The highest BCUT2D eigenvalue weighted by Crippen LogP contribution is 2.17. The van der Waals surface area contributed by atoms with Gasteiger partial charge < -0.3 is 5.11 Å². The lowest BCUT2D eigenvalue weighted by molar-refractivity contribution is -0.491. The van der Waals surface area contributed by atoms with E-state index in [4.69, 9.17) is 0 Å². The standard InChI is InChI=1S/C16H13NO3/c18-16(12-17(19)20)15-9-5-4-8-14(15)11-10-13-6-2-1-3-7-13/h1-9,16,18H,12H2. The van der Waals surface area contributed by atoms with Crippen molar-refractivity contribution in [2.24, 2.45) is 0 Å². The summed E-state index contributed by atoms with van der Waals surface area (Å²) in [6, 6.07) is 16.3. The monoisotopic (exact) mass is 267 g/mol. The van der Waals surface area contributed by atoms with E-state index in [9.17, 15) is 15.2 Å². The number of nitro groups is 1. The van der Waals surface area contributed by atoms with Crippen molar-refractivity contribution in [3.05, 3.63) is 81.4 Å². The molecule has 1 N–H and O–H groups in total. The number of hydrogen-bond acceptors (Lipinski definition) is 3. The Hall–Kier alpha value is -2.64. The third-order valence-corrected chi connectivity index (χ3v) is 2.76. The Morgan fingerprint density at radius 1 is 1.05 bits per heavy atom. The molecule has 0 radical (unpaired) electrons. The van der Waals surface area contributed by atoms with Crippen LogP contribution < -0.4 is 0 Å². The first-order chi connectivity index (χ1) is 9.66. The van der Waals surface area contributed by atoms with E-state index in [0.717, 1.165) is 5.56 Å². The average Bonchev–Trinajstić information content (AvgIpc) is 2.46. The minimum absolute atomic E-state index is 0.479. The van der Waals surface area contributed by atoms with Crippen LogP contribution in [0.2, 0.25) is 0 Å². The first-order valence-electron chi connectivity index (χ1n) is 6.12. The molecule has 0 heterocycles. The topological polar surface area (TPSA) is 63.4 Å². The van der Waals surface area contributed by atoms with Gasteiger partial charge >= 0.3 is 0 Å². The molecule has 0 spiro atoms. The van der Waals surface area contributed by atoms with Crippen molar-refractivity contribution in [1.82, 2.24) is 0 Å². The third-order valence-electron chi connectivity index (χ3n) is 2.76. The Kier molecular flexibility index (Phi) is 4.48. The number of benzene rings is 2. The lowest BCUT2D eigenvalue weighted by atomic mass is 10.0. The lowest BCUT2D eigenvalue weighted by Crippen LogP contribution is -2.12. The van der Waals surface area contributed by atoms with Crippen LogP contribution in [0.5, 0.6) is 0 Å². The van der Waals surface area contributed by atoms with Gasteiger partial charge in [0, 0.05) is 21.6 Å². The van der Waals surface area contributed by atoms with Gasteiger partial charge in [-0.15, -0.1) is 0 Å². The van der Waals surface area contributed by atoms with E-state index < -0.39 is 17.6 Å². The van der Waals surface area contributed by atoms with E-state index in [2.05, 4.69) is 11.8 Å². The SMILES string of the molecule is O=[N+]([O-])CC(O)c1ccccc1C#Cc1ccccc1. The molecule has 20 heavy (non-hydrogen) atoms. The normalized spacial score (nSPS) is 11.2. The van der Waals surface area contributed by atoms with Crippen LogP contribution >= 0.6 is 0 Å². The van der Waals surface area contributed by atoms with Crippen LogP contribution in [-0.2, 0) is 0 Å². The van der Waals surface area contributed by atoms with Gasteiger partial charge in [-0.25, -0.2) is 0 Å². The van der Waals surface area contributed by atoms with E-state index in [0.29, 0.717) is 11.1 Å². The molecule has 0 fully saturated rings. The Morgan fingerprint density at radius 2 is 1.70 bits per heavy atom. The minimum Gasteiger partial charge on any atom is -0.381 e. The summed E-state index contributed by atoms with van der Waals surface area (Å²) in [5, 5.41) is 20.3. The van der Waals surface area contributed by atoms with Crippen LogP contribution in [0.1, 0.15) is 22.8 Å². The van der Waals surface area contributed by atoms with Crippen molar-refractivity contribution in [2.75, 3.05) is 6.54 Å². The van der Waals surface area contributed by atoms with Gasteiger partial charge in [-0.05, 0) is 18.2 Å². The van der Waals surface area contributed by atoms with Crippen molar-refractivity contribution in [1.29, 1.82) is 0 Å². The molecule has 0 aromatic heterocycles. The number of hydrogen-bond donors (Lipinski definition) is 1. The van der Waals surface area contributed by atoms with Gasteiger partial charge in [0.1, 0.15) is 6.10 Å². The molecule has 0 aliphatic heterocycles. The van der Waals surface area contributed by atoms with Gasteiger partial charge in [-0.1, -0.05) is 48.2 Å². The highest BCUT2D eigenvalue weighted by Gasteiger charge is 2.16. The molecule has 0 saturated heterocycles. The molecular weight excluding hydrogens is 254 g/mol. The van der Waals surface area contributed by atoms with Gasteiger partial charge in [0.2, 0.25) is 6.54 Å². The molecule has 2 aromatic rings. The van der Waals surface area contributed by atoms with Crippen LogP contribution in [0.4, 0.5) is 0 Å². The summed E-state index contributed by atoms with van der Waals surface area (Å²) in [4.78, 5) is 9.95. The average molecular weight is 267 g/mol. The predicted molar refractivity (Wildman–Crippen MR) is 75.7 cm³/mol. The van der Waals surface area contributed by atoms with Crippen molar-refractivity contribution < 1.29 is 10.0 Å². The number of nitrogens with zero attached hydrogens (tertiary/aromatic N) is 1. The van der Waals surface area contributed by atoms with Crippen LogP contribution in [-0.4, -0.2) is 16.6 Å². The molecule has 0 saturated carbocycles. The van der Waals surface area contributed by atoms with Gasteiger partial charge in [-0.2, -0.15) is 0 Å². The van der Waals surface area contributed by atoms with Crippen LogP contribution in [0, 0.1) is 22.0 Å². The van der Waals surface area contributed by atoms with Crippen molar-refractivity contribution in [3.63, 3.8) is 0 Å². The second-order valence-corrected chi connectivity index (χ2v) is 4.23. The van der Waals surface area contributed by atoms with Gasteiger partial charge in [0.25, 0.3) is 0 Å². The molecule has 4 nitrogen and oxygen atoms in total. The second kappa shape index (κ2) is 6.50. The largest absolute Gasteiger partial charge is 0.381 e. The van der Waals surface area contributed by atoms with E-state index in [1.54, 1.807) is 24.3 Å². The van der Waals surface area contributed by atoms with Crippen LogP contribution in [0.3, 0.4) is 0 Å². The molecule has 2 aromatic carbocycles. The molecule has 0 aliphatic carbocycles. The smallest absolute Gasteiger partial charge is 0.233 e. The molecule has 0 bridgehead atoms. The van der Waals surface area contributed by atoms with Gasteiger partial charge in [0.15, 0.2) is 0 Å². The van der Waals surface area contributed by atoms with Crippen LogP contribution in [0.25, 0.3) is 0 Å². The highest BCUT2D eigenvalue weighted by molar-refractivity contribution is 5.47. The van der Waals surface area contributed by atoms with E-state index in [1.807, 2.05) is 30.3 Å². The number of aliphatic hydroxyl groups excluding tert-OH is 1. The molecule has 0 amide bonds. The lowest BCUT2D eigenvalue weighted by Gasteiger charge is -2.08.